The maximum Gasteiger partial charge on any atom is 0.408 e. The van der Waals surface area contributed by atoms with Crippen LogP contribution in [0.1, 0.15) is 49.3 Å². The number of amides is 1. The third-order valence-corrected chi connectivity index (χ3v) is 6.58. The van der Waals surface area contributed by atoms with E-state index in [4.69, 9.17) is 5.11 Å². The molecule has 1 aliphatic carbocycles. The van der Waals surface area contributed by atoms with E-state index in [1.54, 1.807) is 18.2 Å². The van der Waals surface area contributed by atoms with Crippen molar-refractivity contribution >= 4 is 11.7 Å². The molecular formula is C23H29F3N4O3. The Bertz CT molecular complexity index is 958. The molecule has 1 unspecified atom stereocenters. The molecule has 2 heterocycles. The van der Waals surface area contributed by atoms with Crippen molar-refractivity contribution in [1.29, 1.82) is 0 Å². The molecule has 0 saturated heterocycles. The SMILES string of the molecule is O=C(Nc1ccn(C[C@@H](O)CO)n1)[C@H](CC1CCCC1)N1Cc2ccccc2C1C(F)(F)F. The van der Waals surface area contributed by atoms with Gasteiger partial charge >= 0.3 is 6.18 Å². The lowest BCUT2D eigenvalue weighted by atomic mass is 9.95. The Morgan fingerprint density at radius 2 is 1.94 bits per heavy atom. The highest BCUT2D eigenvalue weighted by molar-refractivity contribution is 5.94. The maximum atomic E-state index is 14.2. The summed E-state index contributed by atoms with van der Waals surface area (Å²) in [6, 6.07) is 5.23. The van der Waals surface area contributed by atoms with Crippen LogP contribution in [0.15, 0.2) is 36.5 Å². The number of carbonyl (C=O) groups excluding carboxylic acids is 1. The minimum atomic E-state index is -4.51. The number of benzene rings is 1. The molecule has 4 rings (SSSR count). The van der Waals surface area contributed by atoms with Crippen LogP contribution in [0, 0.1) is 5.92 Å². The lowest BCUT2D eigenvalue weighted by Crippen LogP contribution is -2.47. The molecule has 10 heteroatoms. The van der Waals surface area contributed by atoms with Crippen molar-refractivity contribution in [2.24, 2.45) is 5.92 Å². The molecule has 1 amide bonds. The maximum absolute atomic E-state index is 14.2. The largest absolute Gasteiger partial charge is 0.408 e. The highest BCUT2D eigenvalue weighted by atomic mass is 19.4. The van der Waals surface area contributed by atoms with Crippen molar-refractivity contribution < 1.29 is 28.2 Å². The smallest absolute Gasteiger partial charge is 0.394 e. The normalized spacial score (nSPS) is 21.2. The van der Waals surface area contributed by atoms with Gasteiger partial charge in [-0.05, 0) is 23.5 Å². The van der Waals surface area contributed by atoms with Crippen LogP contribution >= 0.6 is 0 Å². The first-order valence-corrected chi connectivity index (χ1v) is 11.3. The number of aliphatic hydroxyl groups excluding tert-OH is 2. The van der Waals surface area contributed by atoms with Crippen molar-refractivity contribution in [3.05, 3.63) is 47.7 Å². The molecule has 3 N–H and O–H groups in total. The molecule has 7 nitrogen and oxygen atoms in total. The fraction of sp³-hybridized carbons (Fsp3) is 0.565. The predicted octanol–water partition coefficient (Wildman–Crippen LogP) is 3.24. The summed E-state index contributed by atoms with van der Waals surface area (Å²) in [5, 5.41) is 25.4. The number of nitrogens with one attached hydrogen (secondary N) is 1. The molecule has 1 aliphatic heterocycles. The Balaban J connectivity index is 1.58. The first-order valence-electron chi connectivity index (χ1n) is 11.3. The molecule has 2 aromatic rings. The zero-order chi connectivity index (χ0) is 23.6. The minimum Gasteiger partial charge on any atom is -0.394 e. The first-order chi connectivity index (χ1) is 15.8. The van der Waals surface area contributed by atoms with E-state index in [1.165, 1.54) is 27.9 Å². The van der Waals surface area contributed by atoms with E-state index in [0.717, 1.165) is 25.7 Å². The van der Waals surface area contributed by atoms with Crippen molar-refractivity contribution in [2.45, 2.75) is 69.6 Å². The van der Waals surface area contributed by atoms with Crippen LogP contribution in [0.5, 0.6) is 0 Å². The van der Waals surface area contributed by atoms with Crippen LogP contribution in [-0.2, 0) is 17.9 Å². The standard InChI is InChI=1S/C23H29F3N4O3/c24-23(25,26)21-18-8-4-3-7-16(18)12-30(21)19(11-15-5-1-2-6-15)22(33)27-20-9-10-29(28-20)13-17(32)14-31/h3-4,7-10,15,17,19,21,31-32H,1-2,5-6,11-14H2,(H,27,28,33)/t17-,19+,21?/m1/s1. The van der Waals surface area contributed by atoms with Crippen molar-refractivity contribution in [3.63, 3.8) is 0 Å². The van der Waals surface area contributed by atoms with Gasteiger partial charge in [-0.25, -0.2) is 0 Å². The van der Waals surface area contributed by atoms with Crippen LogP contribution in [0.4, 0.5) is 19.0 Å². The molecule has 1 aromatic heterocycles. The van der Waals surface area contributed by atoms with Gasteiger partial charge in [0.2, 0.25) is 5.91 Å². The third kappa shape index (κ3) is 5.39. The molecule has 3 atom stereocenters. The Hall–Kier alpha value is -2.43. The zero-order valence-electron chi connectivity index (χ0n) is 18.2. The predicted molar refractivity (Wildman–Crippen MR) is 115 cm³/mol. The fourth-order valence-electron chi connectivity index (χ4n) is 5.03. The van der Waals surface area contributed by atoms with E-state index >= 15 is 0 Å². The summed E-state index contributed by atoms with van der Waals surface area (Å²) >= 11 is 0. The van der Waals surface area contributed by atoms with E-state index in [0.29, 0.717) is 12.0 Å². The van der Waals surface area contributed by atoms with Gasteiger partial charge in [0, 0.05) is 18.8 Å². The van der Waals surface area contributed by atoms with Crippen LogP contribution < -0.4 is 5.32 Å². The lowest BCUT2D eigenvalue weighted by Gasteiger charge is -2.34. The number of hydrogen-bond acceptors (Lipinski definition) is 5. The fourth-order valence-corrected chi connectivity index (χ4v) is 5.03. The average Bonchev–Trinajstić information content (AvgIpc) is 3.51. The van der Waals surface area contributed by atoms with Crippen molar-refractivity contribution in [1.82, 2.24) is 14.7 Å². The van der Waals surface area contributed by atoms with E-state index in [2.05, 4.69) is 10.4 Å². The zero-order valence-corrected chi connectivity index (χ0v) is 18.2. The molecule has 180 valence electrons. The summed E-state index contributed by atoms with van der Waals surface area (Å²) in [5.74, 6) is -0.116. The second-order valence-corrected chi connectivity index (χ2v) is 8.97. The Morgan fingerprint density at radius 3 is 2.64 bits per heavy atom. The molecule has 1 fully saturated rings. The van der Waals surface area contributed by atoms with Gasteiger partial charge in [-0.1, -0.05) is 49.9 Å². The van der Waals surface area contributed by atoms with Crippen LogP contribution in [0.25, 0.3) is 0 Å². The summed E-state index contributed by atoms with van der Waals surface area (Å²) in [6.07, 6.45) is 0.256. The van der Waals surface area contributed by atoms with E-state index < -0.39 is 36.9 Å². The third-order valence-electron chi connectivity index (χ3n) is 6.58. The van der Waals surface area contributed by atoms with Gasteiger partial charge in [0.05, 0.1) is 25.3 Å². The number of anilines is 1. The number of fused-ring (bicyclic) bond motifs is 1. The van der Waals surface area contributed by atoms with Crippen LogP contribution in [0.2, 0.25) is 0 Å². The van der Waals surface area contributed by atoms with Crippen LogP contribution in [0.3, 0.4) is 0 Å². The molecule has 33 heavy (non-hydrogen) atoms. The average molecular weight is 467 g/mol. The topological polar surface area (TPSA) is 90.6 Å². The van der Waals surface area contributed by atoms with Gasteiger partial charge in [0.1, 0.15) is 6.04 Å². The van der Waals surface area contributed by atoms with Gasteiger partial charge in [-0.3, -0.25) is 14.4 Å². The molecule has 0 radical (unpaired) electrons. The number of rotatable bonds is 8. The van der Waals surface area contributed by atoms with E-state index in [1.807, 2.05) is 0 Å². The number of hydrogen-bond donors (Lipinski definition) is 3. The Kier molecular flexibility index (Phi) is 7.06. The number of aliphatic hydroxyl groups is 2. The molecule has 1 saturated carbocycles. The second kappa shape index (κ2) is 9.82. The van der Waals surface area contributed by atoms with E-state index in [-0.39, 0.29) is 30.4 Å². The first kappa shape index (κ1) is 23.7. The summed E-state index contributed by atoms with van der Waals surface area (Å²) in [7, 11) is 0. The van der Waals surface area contributed by atoms with Gasteiger partial charge in [-0.15, -0.1) is 0 Å². The monoisotopic (exact) mass is 466 g/mol. The Morgan fingerprint density at radius 1 is 1.21 bits per heavy atom. The highest BCUT2D eigenvalue weighted by Gasteiger charge is 2.52. The highest BCUT2D eigenvalue weighted by Crippen LogP contribution is 2.46. The van der Waals surface area contributed by atoms with Gasteiger partial charge in [0.15, 0.2) is 5.82 Å². The summed E-state index contributed by atoms with van der Waals surface area (Å²) in [6.45, 7) is -0.336. The molecule has 0 bridgehead atoms. The van der Waals surface area contributed by atoms with Gasteiger partial charge in [-0.2, -0.15) is 18.3 Å². The summed E-state index contributed by atoms with van der Waals surface area (Å²) in [5.41, 5.74) is 0.794. The summed E-state index contributed by atoms with van der Waals surface area (Å²) in [4.78, 5) is 14.6. The van der Waals surface area contributed by atoms with Crippen molar-refractivity contribution in [2.75, 3.05) is 11.9 Å². The molecule has 2 aliphatic rings. The number of nitrogens with zero attached hydrogens (tertiary/aromatic N) is 3. The second-order valence-electron chi connectivity index (χ2n) is 8.97. The van der Waals surface area contributed by atoms with Gasteiger partial charge < -0.3 is 15.5 Å². The minimum absolute atomic E-state index is 0.0372. The quantitative estimate of drug-likeness (QED) is 0.556. The van der Waals surface area contributed by atoms with Crippen LogP contribution in [-0.4, -0.2) is 55.7 Å². The molecule has 1 aromatic carbocycles. The number of aromatic nitrogens is 2. The number of carbonyl (C=O) groups is 1. The van der Waals surface area contributed by atoms with E-state index in [9.17, 15) is 23.1 Å². The Labute approximate surface area is 190 Å². The number of alkyl halides is 3. The van der Waals surface area contributed by atoms with Gasteiger partial charge in [0.25, 0.3) is 0 Å². The lowest BCUT2D eigenvalue weighted by molar-refractivity contribution is -0.190. The van der Waals surface area contributed by atoms with Crippen molar-refractivity contribution in [3.8, 4) is 0 Å². The number of halogens is 3. The molecular weight excluding hydrogens is 437 g/mol. The molecule has 0 spiro atoms. The summed E-state index contributed by atoms with van der Waals surface area (Å²) < 4.78 is 43.9.